The third kappa shape index (κ3) is 2.34. The molecule has 1 N–H and O–H groups in total. The molecule has 4 nitrogen and oxygen atoms in total. The van der Waals surface area contributed by atoms with Crippen LogP contribution in [0.15, 0.2) is 11.8 Å². The molecule has 0 radical (unpaired) electrons. The minimum Gasteiger partial charge on any atom is -0.489 e. The highest BCUT2D eigenvalue weighted by Crippen LogP contribution is 1.92. The van der Waals surface area contributed by atoms with Gasteiger partial charge in [-0.1, -0.05) is 0 Å². The molecule has 4 heteroatoms. The zero-order valence-corrected chi connectivity index (χ0v) is 4.79. The number of allylic oxidation sites excluding steroid dienone is 1. The second-order valence-corrected chi connectivity index (χ2v) is 1.15. The van der Waals surface area contributed by atoms with Crippen LogP contribution in [0.1, 0.15) is 0 Å². The van der Waals surface area contributed by atoms with Gasteiger partial charge in [0.2, 0.25) is 5.76 Å². The van der Waals surface area contributed by atoms with Gasteiger partial charge >= 0.3 is 5.97 Å². The number of hydrogen-bond acceptors (Lipinski definition) is 3. The molecule has 0 aromatic heterocycles. The van der Waals surface area contributed by atoms with Gasteiger partial charge in [-0.15, -0.1) is 0 Å². The Bertz CT molecular complexity index is 177. The van der Waals surface area contributed by atoms with Gasteiger partial charge in [-0.3, -0.25) is 0 Å². The number of nitrogens with zero attached hydrogens (tertiary/aromatic N) is 1. The predicted molar refractivity (Wildman–Crippen MR) is 28.3 cm³/mol. The van der Waals surface area contributed by atoms with Crippen molar-refractivity contribution < 1.29 is 14.6 Å². The fourth-order valence-corrected chi connectivity index (χ4v) is 0.267. The van der Waals surface area contributed by atoms with Gasteiger partial charge < -0.3 is 9.84 Å². The van der Waals surface area contributed by atoms with Crippen molar-refractivity contribution in [1.82, 2.24) is 0 Å². The molecule has 0 saturated carbocycles. The summed E-state index contributed by atoms with van der Waals surface area (Å²) in [5, 5.41) is 16.1. The maximum Gasteiger partial charge on any atom is 0.371 e. The fourth-order valence-electron chi connectivity index (χ4n) is 0.267. The molecular weight excluding hydrogens is 122 g/mol. The molecule has 0 amide bonds. The second-order valence-electron chi connectivity index (χ2n) is 1.15. The molecule has 0 unspecified atom stereocenters. The number of ether oxygens (including phenoxy) is 1. The number of carboxylic acid groups (broad SMARTS) is 1. The van der Waals surface area contributed by atoms with E-state index in [9.17, 15) is 4.79 Å². The molecule has 48 valence electrons. The van der Waals surface area contributed by atoms with E-state index >= 15 is 0 Å². The Balaban J connectivity index is 4.20. The number of aliphatic carboxylic acids is 1. The largest absolute Gasteiger partial charge is 0.489 e. The zero-order valence-electron chi connectivity index (χ0n) is 4.79. The molecule has 0 aliphatic heterocycles. The Hall–Kier alpha value is -1.50. The van der Waals surface area contributed by atoms with E-state index in [0.717, 1.165) is 6.08 Å². The van der Waals surface area contributed by atoms with Crippen molar-refractivity contribution in [3.05, 3.63) is 11.8 Å². The summed E-state index contributed by atoms with van der Waals surface area (Å²) in [4.78, 5) is 9.98. The van der Waals surface area contributed by atoms with Crippen LogP contribution in [-0.4, -0.2) is 18.2 Å². The average molecular weight is 127 g/mol. The van der Waals surface area contributed by atoms with Crippen molar-refractivity contribution >= 4 is 5.97 Å². The van der Waals surface area contributed by atoms with Gasteiger partial charge in [-0.05, 0) is 0 Å². The van der Waals surface area contributed by atoms with E-state index in [1.165, 1.54) is 13.2 Å². The molecule has 0 bridgehead atoms. The van der Waals surface area contributed by atoms with E-state index < -0.39 is 5.97 Å². The Morgan fingerprint density at radius 2 is 2.44 bits per heavy atom. The van der Waals surface area contributed by atoms with Crippen molar-refractivity contribution in [2.24, 2.45) is 0 Å². The molecule has 0 spiro atoms. The molecule has 0 atom stereocenters. The van der Waals surface area contributed by atoms with Crippen LogP contribution in [0, 0.1) is 11.3 Å². The normalized spacial score (nSPS) is 10.0. The van der Waals surface area contributed by atoms with Gasteiger partial charge in [0.25, 0.3) is 0 Å². The molecule has 0 heterocycles. The van der Waals surface area contributed by atoms with Gasteiger partial charge in [0.15, 0.2) is 0 Å². The monoisotopic (exact) mass is 127 g/mol. The number of rotatable bonds is 2. The first-order chi connectivity index (χ1) is 4.22. The molecule has 0 rings (SSSR count). The lowest BCUT2D eigenvalue weighted by molar-refractivity contribution is -0.136. The number of carbonyl (C=O) groups is 1. The van der Waals surface area contributed by atoms with Crippen molar-refractivity contribution in [1.29, 1.82) is 5.26 Å². The molecule has 9 heavy (non-hydrogen) atoms. The quantitative estimate of drug-likeness (QED) is 0.325. The molecule has 0 aromatic rings. The van der Waals surface area contributed by atoms with Crippen LogP contribution in [0.4, 0.5) is 0 Å². The summed E-state index contributed by atoms with van der Waals surface area (Å²) in [7, 11) is 1.19. The average Bonchev–Trinajstić information content (AvgIpc) is 1.82. The van der Waals surface area contributed by atoms with Crippen molar-refractivity contribution in [3.63, 3.8) is 0 Å². The van der Waals surface area contributed by atoms with Crippen LogP contribution >= 0.6 is 0 Å². The van der Waals surface area contributed by atoms with Crippen LogP contribution in [0.3, 0.4) is 0 Å². The Labute approximate surface area is 52.0 Å². The SMILES string of the molecule is COC(=CC#N)C(=O)O. The predicted octanol–water partition coefficient (Wildman–Crippen LogP) is 0.125. The van der Waals surface area contributed by atoms with Crippen molar-refractivity contribution in [3.8, 4) is 6.07 Å². The number of carboxylic acids is 1. The molecular formula is C5H5NO3. The molecule has 0 aliphatic carbocycles. The van der Waals surface area contributed by atoms with Gasteiger partial charge in [0.1, 0.15) is 0 Å². The van der Waals surface area contributed by atoms with Gasteiger partial charge in [-0.25, -0.2) is 4.79 Å². The van der Waals surface area contributed by atoms with E-state index in [1.807, 2.05) is 0 Å². The molecule has 0 aliphatic rings. The minimum absolute atomic E-state index is 0.350. The summed E-state index contributed by atoms with van der Waals surface area (Å²) in [6.45, 7) is 0. The lowest BCUT2D eigenvalue weighted by Gasteiger charge is -1.93. The van der Waals surface area contributed by atoms with E-state index in [1.54, 1.807) is 0 Å². The van der Waals surface area contributed by atoms with E-state index in [2.05, 4.69) is 4.74 Å². The highest BCUT2D eigenvalue weighted by atomic mass is 16.5. The first-order valence-corrected chi connectivity index (χ1v) is 2.09. The van der Waals surface area contributed by atoms with Crippen molar-refractivity contribution in [2.75, 3.05) is 7.11 Å². The van der Waals surface area contributed by atoms with Crippen LogP contribution in [-0.2, 0) is 9.53 Å². The number of methoxy groups -OCH3 is 1. The highest BCUT2D eigenvalue weighted by Gasteiger charge is 2.03. The number of nitriles is 1. The topological polar surface area (TPSA) is 70.3 Å². The van der Waals surface area contributed by atoms with Crippen LogP contribution in [0.25, 0.3) is 0 Å². The maximum absolute atomic E-state index is 9.98. The Morgan fingerprint density at radius 1 is 1.89 bits per heavy atom. The van der Waals surface area contributed by atoms with Crippen molar-refractivity contribution in [2.45, 2.75) is 0 Å². The summed E-state index contributed by atoms with van der Waals surface area (Å²) < 4.78 is 4.29. The third-order valence-electron chi connectivity index (χ3n) is 0.626. The fraction of sp³-hybridized carbons (Fsp3) is 0.200. The summed E-state index contributed by atoms with van der Waals surface area (Å²) >= 11 is 0. The van der Waals surface area contributed by atoms with Crippen LogP contribution in [0.2, 0.25) is 0 Å². The van der Waals surface area contributed by atoms with E-state index in [4.69, 9.17) is 10.4 Å². The standard InChI is InChI=1S/C5H5NO3/c1-9-4(2-3-6)5(7)8/h2H,1H3,(H,7,8). The summed E-state index contributed by atoms with van der Waals surface area (Å²) in [5.41, 5.74) is 0. The van der Waals surface area contributed by atoms with Crippen LogP contribution in [0.5, 0.6) is 0 Å². The first kappa shape index (κ1) is 7.50. The molecule has 0 aromatic carbocycles. The third-order valence-corrected chi connectivity index (χ3v) is 0.626. The summed E-state index contributed by atoms with van der Waals surface area (Å²) in [6.07, 6.45) is 0.822. The van der Waals surface area contributed by atoms with Crippen LogP contribution < -0.4 is 0 Å². The Morgan fingerprint density at radius 3 is 2.56 bits per heavy atom. The summed E-state index contributed by atoms with van der Waals surface area (Å²) in [6, 6.07) is 1.53. The van der Waals surface area contributed by atoms with E-state index in [-0.39, 0.29) is 5.76 Å². The number of hydrogen-bond donors (Lipinski definition) is 1. The van der Waals surface area contributed by atoms with E-state index in [0.29, 0.717) is 0 Å². The highest BCUT2D eigenvalue weighted by molar-refractivity contribution is 5.84. The lowest BCUT2D eigenvalue weighted by Crippen LogP contribution is -2.01. The van der Waals surface area contributed by atoms with Gasteiger partial charge in [0.05, 0.1) is 19.3 Å². The second kappa shape index (κ2) is 3.50. The zero-order chi connectivity index (χ0) is 7.28. The molecule has 0 saturated heterocycles. The smallest absolute Gasteiger partial charge is 0.371 e. The summed E-state index contributed by atoms with van der Waals surface area (Å²) in [5.74, 6) is -1.59. The molecule has 0 fully saturated rings. The minimum atomic E-state index is -1.24. The Kier molecular flexibility index (Phi) is 2.91. The first-order valence-electron chi connectivity index (χ1n) is 2.09. The van der Waals surface area contributed by atoms with Gasteiger partial charge in [0, 0.05) is 0 Å². The lowest BCUT2D eigenvalue weighted by atomic mass is 10.5. The maximum atomic E-state index is 9.98. The van der Waals surface area contributed by atoms with Gasteiger partial charge in [-0.2, -0.15) is 5.26 Å².